The maximum absolute atomic E-state index is 11.7. The molecule has 0 atom stereocenters. The molecule has 0 bridgehead atoms. The van der Waals surface area contributed by atoms with E-state index in [-0.39, 0.29) is 11.1 Å². The number of nitrogens with one attached hydrogen (secondary N) is 1. The summed E-state index contributed by atoms with van der Waals surface area (Å²) in [4.78, 5) is 34.5. The molecule has 1 N–H and O–H groups in total. The minimum absolute atomic E-state index is 0.329. The molecule has 2 aliphatic rings. The molecule has 6 nitrogen and oxygen atoms in total. The third-order valence-electron chi connectivity index (χ3n) is 4.23. The Bertz CT molecular complexity index is 859. The van der Waals surface area contributed by atoms with Crippen molar-refractivity contribution >= 4 is 45.7 Å². The van der Waals surface area contributed by atoms with E-state index in [1.165, 1.54) is 19.3 Å². The Morgan fingerprint density at radius 1 is 1.12 bits per heavy atom. The molecule has 2 fully saturated rings. The number of rotatable bonds is 2. The van der Waals surface area contributed by atoms with Gasteiger partial charge in [0.2, 0.25) is 0 Å². The van der Waals surface area contributed by atoms with Crippen LogP contribution in [0.5, 0.6) is 0 Å². The zero-order valence-corrected chi connectivity index (χ0v) is 13.8. The first-order valence-corrected chi connectivity index (χ1v) is 8.77. The van der Waals surface area contributed by atoms with Crippen molar-refractivity contribution in [2.45, 2.75) is 19.3 Å². The number of benzene rings is 1. The maximum Gasteiger partial charge on any atom is 0.290 e. The molecule has 1 aromatic carbocycles. The largest absolute Gasteiger partial charge is 0.356 e. The summed E-state index contributed by atoms with van der Waals surface area (Å²) in [5.74, 6) is 0.602. The van der Waals surface area contributed by atoms with Crippen LogP contribution in [-0.2, 0) is 4.79 Å². The van der Waals surface area contributed by atoms with E-state index in [0.717, 1.165) is 47.1 Å². The molecule has 0 saturated carbocycles. The van der Waals surface area contributed by atoms with E-state index in [4.69, 9.17) is 0 Å². The summed E-state index contributed by atoms with van der Waals surface area (Å²) in [6.45, 7) is 2.01. The van der Waals surface area contributed by atoms with Crippen molar-refractivity contribution in [3.05, 3.63) is 35.0 Å². The molecule has 0 unspecified atom stereocenters. The normalized spacial score (nSPS) is 20.0. The lowest BCUT2D eigenvalue weighted by molar-refractivity contribution is -0.115. The van der Waals surface area contributed by atoms with Crippen molar-refractivity contribution in [3.63, 3.8) is 0 Å². The number of anilines is 1. The van der Waals surface area contributed by atoms with E-state index in [2.05, 4.69) is 20.2 Å². The lowest BCUT2D eigenvalue weighted by atomic mass is 10.1. The first-order chi connectivity index (χ1) is 11.7. The van der Waals surface area contributed by atoms with Crippen molar-refractivity contribution in [2.75, 3.05) is 18.0 Å². The van der Waals surface area contributed by atoms with E-state index in [0.29, 0.717) is 4.91 Å². The minimum atomic E-state index is -0.342. The smallest absolute Gasteiger partial charge is 0.290 e. The van der Waals surface area contributed by atoms with Crippen LogP contribution in [0.15, 0.2) is 29.4 Å². The van der Waals surface area contributed by atoms with E-state index in [9.17, 15) is 9.59 Å². The topological polar surface area (TPSA) is 75.2 Å². The Labute approximate surface area is 143 Å². The van der Waals surface area contributed by atoms with Gasteiger partial charge >= 0.3 is 0 Å². The van der Waals surface area contributed by atoms with Crippen molar-refractivity contribution in [2.24, 2.45) is 0 Å². The van der Waals surface area contributed by atoms with Gasteiger partial charge in [0.1, 0.15) is 12.1 Å². The number of piperidine rings is 1. The molecule has 7 heteroatoms. The van der Waals surface area contributed by atoms with Crippen LogP contribution in [0, 0.1) is 0 Å². The van der Waals surface area contributed by atoms with Crippen molar-refractivity contribution in [1.29, 1.82) is 0 Å². The Morgan fingerprint density at radius 3 is 2.71 bits per heavy atom. The molecule has 122 valence electrons. The number of carbonyl (C=O) groups is 2. The Kier molecular flexibility index (Phi) is 3.93. The number of hydrogen-bond donors (Lipinski definition) is 1. The molecule has 0 radical (unpaired) electrons. The second kappa shape index (κ2) is 6.24. The van der Waals surface area contributed by atoms with Gasteiger partial charge in [0.05, 0.1) is 10.4 Å². The fourth-order valence-electron chi connectivity index (χ4n) is 3.08. The molecule has 1 aromatic heterocycles. The van der Waals surface area contributed by atoms with Gasteiger partial charge in [0.25, 0.3) is 11.1 Å². The van der Waals surface area contributed by atoms with Crippen LogP contribution in [0.4, 0.5) is 10.6 Å². The number of carbonyl (C=O) groups excluding carboxylic acids is 2. The molecule has 24 heavy (non-hydrogen) atoms. The molecule has 0 aliphatic carbocycles. The van der Waals surface area contributed by atoms with Crippen LogP contribution in [0.25, 0.3) is 17.0 Å². The predicted molar refractivity (Wildman–Crippen MR) is 94.7 cm³/mol. The Morgan fingerprint density at radius 2 is 1.96 bits per heavy atom. The van der Waals surface area contributed by atoms with Crippen molar-refractivity contribution in [1.82, 2.24) is 15.3 Å². The second-order valence-corrected chi connectivity index (χ2v) is 6.89. The number of amides is 2. The van der Waals surface area contributed by atoms with Crippen LogP contribution in [0.2, 0.25) is 0 Å². The summed E-state index contributed by atoms with van der Waals surface area (Å²) in [6.07, 6.45) is 6.94. The fourth-order valence-corrected chi connectivity index (χ4v) is 3.76. The van der Waals surface area contributed by atoms with E-state index in [1.807, 2.05) is 18.2 Å². The number of aromatic nitrogens is 2. The molecule has 2 saturated heterocycles. The summed E-state index contributed by atoms with van der Waals surface area (Å²) >= 11 is 0.926. The first-order valence-electron chi connectivity index (χ1n) is 7.95. The van der Waals surface area contributed by atoms with E-state index < -0.39 is 0 Å². The van der Waals surface area contributed by atoms with Gasteiger partial charge in [-0.15, -0.1) is 0 Å². The molecular formula is C17H16N4O2S. The van der Waals surface area contributed by atoms with Crippen molar-refractivity contribution < 1.29 is 9.59 Å². The molecule has 2 aromatic rings. The molecule has 2 aliphatic heterocycles. The van der Waals surface area contributed by atoms with Crippen LogP contribution in [-0.4, -0.2) is 34.2 Å². The third-order valence-corrected chi connectivity index (χ3v) is 5.04. The maximum atomic E-state index is 11.7. The summed E-state index contributed by atoms with van der Waals surface area (Å²) in [7, 11) is 0. The summed E-state index contributed by atoms with van der Waals surface area (Å²) in [5, 5.41) is 2.92. The number of imide groups is 1. The van der Waals surface area contributed by atoms with Gasteiger partial charge in [0.15, 0.2) is 0 Å². The SMILES string of the molecule is O=C1NC(=O)/C(=C\c2ccc3ncnc(N4CCCCC4)c3c2)S1. The Hall–Kier alpha value is -2.41. The predicted octanol–water partition coefficient (Wildman–Crippen LogP) is 2.94. The number of thioether (sulfide) groups is 1. The zero-order chi connectivity index (χ0) is 16.5. The van der Waals surface area contributed by atoms with Gasteiger partial charge in [-0.05, 0) is 54.8 Å². The minimum Gasteiger partial charge on any atom is -0.356 e. The van der Waals surface area contributed by atoms with Gasteiger partial charge in [-0.3, -0.25) is 14.9 Å². The second-order valence-electron chi connectivity index (χ2n) is 5.87. The molecule has 3 heterocycles. The van der Waals surface area contributed by atoms with Gasteiger partial charge in [0, 0.05) is 18.5 Å². The third kappa shape index (κ3) is 2.87. The number of fused-ring (bicyclic) bond motifs is 1. The van der Waals surface area contributed by atoms with Gasteiger partial charge in [-0.2, -0.15) is 0 Å². The van der Waals surface area contributed by atoms with Crippen LogP contribution < -0.4 is 10.2 Å². The average Bonchev–Trinajstić information content (AvgIpc) is 2.92. The van der Waals surface area contributed by atoms with E-state index in [1.54, 1.807) is 12.4 Å². The molecule has 0 spiro atoms. The van der Waals surface area contributed by atoms with E-state index >= 15 is 0 Å². The van der Waals surface area contributed by atoms with Crippen LogP contribution in [0.3, 0.4) is 0 Å². The number of hydrogen-bond acceptors (Lipinski definition) is 6. The highest BCUT2D eigenvalue weighted by molar-refractivity contribution is 8.18. The van der Waals surface area contributed by atoms with Gasteiger partial charge in [-0.1, -0.05) is 6.07 Å². The molecule has 2 amide bonds. The molecule has 4 rings (SSSR count). The Balaban J connectivity index is 1.75. The highest BCUT2D eigenvalue weighted by Gasteiger charge is 2.25. The quantitative estimate of drug-likeness (QED) is 0.847. The van der Waals surface area contributed by atoms with Crippen LogP contribution in [0.1, 0.15) is 24.8 Å². The standard InChI is InChI=1S/C17H16N4O2S/c22-16-14(24-17(23)20-16)9-11-4-5-13-12(8-11)15(19-10-18-13)21-6-2-1-3-7-21/h4-5,8-10H,1-3,6-7H2,(H,20,22,23)/b14-9+. The first kappa shape index (κ1) is 15.1. The lowest BCUT2D eigenvalue weighted by Gasteiger charge is -2.28. The number of nitrogens with zero attached hydrogens (tertiary/aromatic N) is 3. The van der Waals surface area contributed by atoms with Gasteiger partial charge < -0.3 is 4.90 Å². The summed E-state index contributed by atoms with van der Waals surface area (Å²) < 4.78 is 0. The molecular weight excluding hydrogens is 324 g/mol. The van der Waals surface area contributed by atoms with Crippen molar-refractivity contribution in [3.8, 4) is 0 Å². The summed E-state index contributed by atoms with van der Waals surface area (Å²) in [6, 6.07) is 5.82. The van der Waals surface area contributed by atoms with Gasteiger partial charge in [-0.25, -0.2) is 9.97 Å². The van der Waals surface area contributed by atoms with Crippen LogP contribution >= 0.6 is 11.8 Å². The fraction of sp³-hybridized carbons (Fsp3) is 0.294. The summed E-state index contributed by atoms with van der Waals surface area (Å²) in [5.41, 5.74) is 1.75. The highest BCUT2D eigenvalue weighted by atomic mass is 32.2. The average molecular weight is 340 g/mol. The highest BCUT2D eigenvalue weighted by Crippen LogP contribution is 2.29. The lowest BCUT2D eigenvalue weighted by Crippen LogP contribution is -2.30. The zero-order valence-electron chi connectivity index (χ0n) is 13.0. The monoisotopic (exact) mass is 340 g/mol.